The Labute approximate surface area is 123 Å². The second-order valence-electron chi connectivity index (χ2n) is 5.08. The molecule has 0 aliphatic carbocycles. The minimum Gasteiger partial charge on any atom is -0.479 e. The van der Waals surface area contributed by atoms with Gasteiger partial charge >= 0.3 is 5.97 Å². The molecule has 0 saturated carbocycles. The minimum atomic E-state index is -1.08. The van der Waals surface area contributed by atoms with E-state index in [9.17, 15) is 14.7 Å². The lowest BCUT2D eigenvalue weighted by Crippen LogP contribution is -2.53. The largest absolute Gasteiger partial charge is 0.479 e. The Morgan fingerprint density at radius 1 is 1.45 bits per heavy atom. The van der Waals surface area contributed by atoms with Crippen LogP contribution in [0, 0.1) is 0 Å². The van der Waals surface area contributed by atoms with Crippen molar-refractivity contribution in [3.8, 4) is 0 Å². The Bertz CT molecular complexity index is 541. The number of aliphatic carboxylic acids is 1. The molecule has 5 nitrogen and oxygen atoms in total. The van der Waals surface area contributed by atoms with Crippen LogP contribution in [0.5, 0.6) is 0 Å². The molecule has 110 valence electrons. The molecule has 1 N–H and O–H groups in total. The zero-order valence-corrected chi connectivity index (χ0v) is 12.5. The van der Waals surface area contributed by atoms with Crippen molar-refractivity contribution in [2.45, 2.75) is 45.2 Å². The number of nitrogens with zero attached hydrogens (tertiary/aromatic N) is 2. The molecule has 1 aliphatic heterocycles. The van der Waals surface area contributed by atoms with Crippen LogP contribution in [-0.4, -0.2) is 38.5 Å². The fourth-order valence-electron chi connectivity index (χ4n) is 2.97. The molecule has 0 bridgehead atoms. The van der Waals surface area contributed by atoms with E-state index in [4.69, 9.17) is 11.6 Å². The Morgan fingerprint density at radius 2 is 2.15 bits per heavy atom. The van der Waals surface area contributed by atoms with Gasteiger partial charge in [-0.2, -0.15) is 0 Å². The zero-order chi connectivity index (χ0) is 14.9. The molecule has 1 aliphatic rings. The molecule has 1 atom stereocenters. The van der Waals surface area contributed by atoms with Crippen molar-refractivity contribution in [2.24, 2.45) is 0 Å². The molecule has 0 aromatic carbocycles. The highest BCUT2D eigenvalue weighted by Crippen LogP contribution is 2.34. The van der Waals surface area contributed by atoms with Crippen LogP contribution in [0.2, 0.25) is 5.02 Å². The average molecular weight is 299 g/mol. The summed E-state index contributed by atoms with van der Waals surface area (Å²) in [5.74, 6) is -1.17. The summed E-state index contributed by atoms with van der Waals surface area (Å²) in [5, 5.41) is 10.0. The molecule has 2 heterocycles. The number of aromatic nitrogens is 1. The Kier molecular flexibility index (Phi) is 4.09. The number of hydrogen-bond acceptors (Lipinski definition) is 2. The number of aryl methyl sites for hydroxylation is 1. The first-order chi connectivity index (χ1) is 9.46. The lowest BCUT2D eigenvalue weighted by atomic mass is 9.93. The van der Waals surface area contributed by atoms with Crippen LogP contribution in [0.3, 0.4) is 0 Å². The number of carboxylic acids is 1. The number of carbonyl (C=O) groups is 2. The number of halogens is 1. The van der Waals surface area contributed by atoms with Gasteiger partial charge in [-0.1, -0.05) is 18.5 Å². The van der Waals surface area contributed by atoms with Crippen molar-refractivity contribution in [1.82, 2.24) is 9.47 Å². The molecule has 1 fully saturated rings. The summed E-state index contributed by atoms with van der Waals surface area (Å²) in [5.41, 5.74) is -0.620. The van der Waals surface area contributed by atoms with Gasteiger partial charge in [-0.15, -0.1) is 0 Å². The maximum Gasteiger partial charge on any atom is 0.329 e. The highest BCUT2D eigenvalue weighted by Gasteiger charge is 2.49. The fourth-order valence-corrected chi connectivity index (χ4v) is 3.19. The third-order valence-corrected chi connectivity index (χ3v) is 4.35. The molecule has 1 amide bonds. The first-order valence-electron chi connectivity index (χ1n) is 6.87. The van der Waals surface area contributed by atoms with Crippen LogP contribution in [0.4, 0.5) is 0 Å². The number of amides is 1. The van der Waals surface area contributed by atoms with E-state index in [2.05, 4.69) is 0 Å². The molecule has 2 rings (SSSR count). The SMILES string of the molecule is CCn1cc(Cl)cc1C(=O)N1CCCC1(CC)C(=O)O. The molecule has 0 spiro atoms. The first kappa shape index (κ1) is 14.9. The van der Waals surface area contributed by atoms with Gasteiger partial charge in [-0.3, -0.25) is 4.79 Å². The van der Waals surface area contributed by atoms with Crippen molar-refractivity contribution in [1.29, 1.82) is 0 Å². The molecule has 0 radical (unpaired) electrons. The van der Waals surface area contributed by atoms with E-state index < -0.39 is 11.5 Å². The predicted octanol–water partition coefficient (Wildman–Crippen LogP) is 2.63. The second kappa shape index (κ2) is 5.48. The summed E-state index contributed by atoms with van der Waals surface area (Å²) in [6.07, 6.45) is 3.32. The summed E-state index contributed by atoms with van der Waals surface area (Å²) in [6.45, 7) is 4.83. The van der Waals surface area contributed by atoms with Crippen molar-refractivity contribution < 1.29 is 14.7 Å². The van der Waals surface area contributed by atoms with Gasteiger partial charge in [0.2, 0.25) is 0 Å². The van der Waals surface area contributed by atoms with Gasteiger partial charge in [0.1, 0.15) is 11.2 Å². The third kappa shape index (κ3) is 2.20. The van der Waals surface area contributed by atoms with Gasteiger partial charge < -0.3 is 14.6 Å². The van der Waals surface area contributed by atoms with Gasteiger partial charge in [0, 0.05) is 19.3 Å². The molecule has 1 aromatic rings. The minimum absolute atomic E-state index is 0.250. The fraction of sp³-hybridized carbons (Fsp3) is 0.571. The zero-order valence-electron chi connectivity index (χ0n) is 11.7. The monoisotopic (exact) mass is 298 g/mol. The summed E-state index contributed by atoms with van der Waals surface area (Å²) in [7, 11) is 0. The molecular weight excluding hydrogens is 280 g/mol. The van der Waals surface area contributed by atoms with E-state index in [1.54, 1.807) is 16.8 Å². The predicted molar refractivity (Wildman–Crippen MR) is 76.0 cm³/mol. The quantitative estimate of drug-likeness (QED) is 0.929. The molecule has 6 heteroatoms. The number of likely N-dealkylation sites (tertiary alicyclic amines) is 1. The Hall–Kier alpha value is -1.49. The van der Waals surface area contributed by atoms with Crippen LogP contribution < -0.4 is 0 Å². The van der Waals surface area contributed by atoms with E-state index in [0.29, 0.717) is 43.1 Å². The van der Waals surface area contributed by atoms with E-state index in [1.165, 1.54) is 4.90 Å². The first-order valence-corrected chi connectivity index (χ1v) is 7.25. The summed E-state index contributed by atoms with van der Waals surface area (Å²) < 4.78 is 1.76. The van der Waals surface area contributed by atoms with Gasteiger partial charge in [0.05, 0.1) is 5.02 Å². The molecule has 1 aromatic heterocycles. The maximum atomic E-state index is 12.7. The summed E-state index contributed by atoms with van der Waals surface area (Å²) >= 11 is 5.95. The van der Waals surface area contributed by atoms with Crippen LogP contribution >= 0.6 is 11.6 Å². The highest BCUT2D eigenvalue weighted by atomic mass is 35.5. The van der Waals surface area contributed by atoms with Crippen molar-refractivity contribution in [3.63, 3.8) is 0 Å². The van der Waals surface area contributed by atoms with Crippen molar-refractivity contribution >= 4 is 23.5 Å². The van der Waals surface area contributed by atoms with Crippen LogP contribution in [-0.2, 0) is 11.3 Å². The van der Waals surface area contributed by atoms with Gasteiger partial charge in [0.25, 0.3) is 5.91 Å². The Morgan fingerprint density at radius 3 is 2.70 bits per heavy atom. The van der Waals surface area contributed by atoms with Gasteiger partial charge in [-0.05, 0) is 32.3 Å². The van der Waals surface area contributed by atoms with Crippen molar-refractivity contribution in [3.05, 3.63) is 23.0 Å². The number of carbonyl (C=O) groups excluding carboxylic acids is 1. The number of carboxylic acid groups (broad SMARTS) is 1. The molecular formula is C14H19ClN2O3. The smallest absolute Gasteiger partial charge is 0.329 e. The molecule has 1 saturated heterocycles. The maximum absolute atomic E-state index is 12.7. The van der Waals surface area contributed by atoms with Gasteiger partial charge in [-0.25, -0.2) is 4.79 Å². The lowest BCUT2D eigenvalue weighted by Gasteiger charge is -2.34. The second-order valence-corrected chi connectivity index (χ2v) is 5.52. The van der Waals surface area contributed by atoms with E-state index in [1.807, 2.05) is 13.8 Å². The summed E-state index contributed by atoms with van der Waals surface area (Å²) in [4.78, 5) is 25.8. The van der Waals surface area contributed by atoms with E-state index >= 15 is 0 Å². The summed E-state index contributed by atoms with van der Waals surface area (Å²) in [6, 6.07) is 1.61. The normalized spacial score (nSPS) is 22.2. The van der Waals surface area contributed by atoms with Gasteiger partial charge in [0.15, 0.2) is 0 Å². The third-order valence-electron chi connectivity index (χ3n) is 4.14. The van der Waals surface area contributed by atoms with Crippen molar-refractivity contribution in [2.75, 3.05) is 6.54 Å². The van der Waals surface area contributed by atoms with Crippen LogP contribution in [0.25, 0.3) is 0 Å². The number of rotatable bonds is 4. The topological polar surface area (TPSA) is 62.5 Å². The highest BCUT2D eigenvalue weighted by molar-refractivity contribution is 6.31. The van der Waals surface area contributed by atoms with E-state index in [-0.39, 0.29) is 5.91 Å². The number of hydrogen-bond donors (Lipinski definition) is 1. The lowest BCUT2D eigenvalue weighted by molar-refractivity contribution is -0.148. The van der Waals surface area contributed by atoms with E-state index in [0.717, 1.165) is 0 Å². The standard InChI is InChI=1S/C14H19ClN2O3/c1-3-14(13(19)20)6-5-7-17(14)12(18)11-8-10(15)9-16(11)4-2/h8-9H,3-7H2,1-2H3,(H,19,20). The van der Waals surface area contributed by atoms with Crippen LogP contribution in [0.15, 0.2) is 12.3 Å². The average Bonchev–Trinajstić information content (AvgIpc) is 3.01. The Balaban J connectivity index is 2.39. The van der Waals surface area contributed by atoms with Crippen LogP contribution in [0.1, 0.15) is 43.6 Å². The molecule has 1 unspecified atom stereocenters. The molecule has 20 heavy (non-hydrogen) atoms.